The summed E-state index contributed by atoms with van der Waals surface area (Å²) in [6.07, 6.45) is 4.96. The lowest BCUT2D eigenvalue weighted by atomic mass is 9.91. The van der Waals surface area contributed by atoms with Crippen LogP contribution in [0, 0.1) is 6.92 Å². The molecule has 0 unspecified atom stereocenters. The third kappa shape index (κ3) is 3.42. The third-order valence-corrected chi connectivity index (χ3v) is 4.35. The van der Waals surface area contributed by atoms with E-state index >= 15 is 0 Å². The molecule has 0 radical (unpaired) electrons. The molecule has 0 aliphatic heterocycles. The second-order valence-corrected chi connectivity index (χ2v) is 5.60. The van der Waals surface area contributed by atoms with E-state index in [4.69, 9.17) is 0 Å². The van der Waals surface area contributed by atoms with Crippen LogP contribution in [-0.4, -0.2) is 24.1 Å². The van der Waals surface area contributed by atoms with Gasteiger partial charge in [-0.15, -0.1) is 0 Å². The second-order valence-electron chi connectivity index (χ2n) is 4.75. The van der Waals surface area contributed by atoms with Crippen molar-refractivity contribution in [3.63, 3.8) is 0 Å². The molecule has 0 atom stereocenters. The molecule has 1 aromatic rings. The van der Waals surface area contributed by atoms with Crippen molar-refractivity contribution in [2.24, 2.45) is 0 Å². The van der Waals surface area contributed by atoms with Crippen molar-refractivity contribution in [3.8, 4) is 0 Å². The van der Waals surface area contributed by atoms with Crippen molar-refractivity contribution in [2.75, 3.05) is 12.4 Å². The second kappa shape index (κ2) is 5.83. The largest absolute Gasteiger partial charge is 0.367 e. The molecule has 17 heavy (non-hydrogen) atoms. The molecule has 94 valence electrons. The molecule has 2 rings (SSSR count). The van der Waals surface area contributed by atoms with Gasteiger partial charge in [0.05, 0.1) is 5.69 Å². The van der Waals surface area contributed by atoms with Crippen LogP contribution in [0.3, 0.4) is 0 Å². The number of anilines is 1. The molecule has 0 spiro atoms. The molecule has 0 saturated heterocycles. The van der Waals surface area contributed by atoms with E-state index in [2.05, 4.69) is 44.7 Å². The molecule has 0 amide bonds. The number of aromatic nitrogens is 1. The highest BCUT2D eigenvalue weighted by Crippen LogP contribution is 2.22. The number of rotatable bonds is 3. The molecule has 0 aromatic carbocycles. The normalized spacial score (nSPS) is 24.6. The average molecular weight is 298 g/mol. The fourth-order valence-electron chi connectivity index (χ4n) is 2.36. The summed E-state index contributed by atoms with van der Waals surface area (Å²) in [5.41, 5.74) is 1.04. The Morgan fingerprint density at radius 2 is 1.82 bits per heavy atom. The number of nitrogens with zero attached hydrogens (tertiary/aromatic N) is 1. The SMILES string of the molecule is CNC1CCC(Nc2ccc(Br)c(C)n2)CC1. The van der Waals surface area contributed by atoms with Crippen LogP contribution in [0.5, 0.6) is 0 Å². The van der Waals surface area contributed by atoms with Crippen LogP contribution in [0.1, 0.15) is 31.4 Å². The van der Waals surface area contributed by atoms with Crippen LogP contribution in [0.2, 0.25) is 0 Å². The highest BCUT2D eigenvalue weighted by molar-refractivity contribution is 9.10. The van der Waals surface area contributed by atoms with E-state index in [9.17, 15) is 0 Å². The monoisotopic (exact) mass is 297 g/mol. The topological polar surface area (TPSA) is 37.0 Å². The first-order valence-corrected chi connectivity index (χ1v) is 7.05. The van der Waals surface area contributed by atoms with Gasteiger partial charge in [0.25, 0.3) is 0 Å². The van der Waals surface area contributed by atoms with E-state index in [1.54, 1.807) is 0 Å². The number of pyridine rings is 1. The van der Waals surface area contributed by atoms with Gasteiger partial charge in [-0.1, -0.05) is 0 Å². The maximum atomic E-state index is 4.53. The average Bonchev–Trinajstić information content (AvgIpc) is 2.35. The Morgan fingerprint density at radius 1 is 1.18 bits per heavy atom. The molecule has 1 saturated carbocycles. The zero-order chi connectivity index (χ0) is 12.3. The lowest BCUT2D eigenvalue weighted by molar-refractivity contribution is 0.371. The highest BCUT2D eigenvalue weighted by atomic mass is 79.9. The van der Waals surface area contributed by atoms with Crippen LogP contribution >= 0.6 is 15.9 Å². The van der Waals surface area contributed by atoms with Gasteiger partial charge in [-0.2, -0.15) is 0 Å². The van der Waals surface area contributed by atoms with Gasteiger partial charge in [0.1, 0.15) is 5.82 Å². The molecule has 0 bridgehead atoms. The summed E-state index contributed by atoms with van der Waals surface area (Å²) in [6, 6.07) is 5.38. The smallest absolute Gasteiger partial charge is 0.126 e. The molecule has 4 heteroatoms. The minimum atomic E-state index is 0.577. The van der Waals surface area contributed by atoms with Crippen LogP contribution in [0.4, 0.5) is 5.82 Å². The molecule has 3 nitrogen and oxygen atoms in total. The minimum absolute atomic E-state index is 0.577. The molecule has 1 aliphatic carbocycles. The number of nitrogens with one attached hydrogen (secondary N) is 2. The van der Waals surface area contributed by atoms with Crippen LogP contribution in [0.25, 0.3) is 0 Å². The fourth-order valence-corrected chi connectivity index (χ4v) is 2.58. The first kappa shape index (κ1) is 12.8. The first-order valence-electron chi connectivity index (χ1n) is 6.26. The molecule has 1 fully saturated rings. The quantitative estimate of drug-likeness (QED) is 0.900. The van der Waals surface area contributed by atoms with E-state index in [0.717, 1.165) is 16.0 Å². The van der Waals surface area contributed by atoms with Gasteiger partial charge in [-0.05, 0) is 67.7 Å². The molecule has 1 aromatic heterocycles. The summed E-state index contributed by atoms with van der Waals surface area (Å²) in [5.74, 6) is 0.999. The lowest BCUT2D eigenvalue weighted by Gasteiger charge is -2.29. The van der Waals surface area contributed by atoms with Gasteiger partial charge in [0.2, 0.25) is 0 Å². The number of aryl methyl sites for hydroxylation is 1. The Balaban J connectivity index is 1.91. The van der Waals surface area contributed by atoms with Crippen LogP contribution in [0.15, 0.2) is 16.6 Å². The predicted molar refractivity (Wildman–Crippen MR) is 75.4 cm³/mol. The zero-order valence-electron chi connectivity index (χ0n) is 10.5. The first-order chi connectivity index (χ1) is 8.19. The summed E-state index contributed by atoms with van der Waals surface area (Å²) >= 11 is 3.47. The maximum Gasteiger partial charge on any atom is 0.126 e. The van der Waals surface area contributed by atoms with Gasteiger partial charge in [0, 0.05) is 16.6 Å². The third-order valence-electron chi connectivity index (χ3n) is 3.51. The molecule has 1 heterocycles. The van der Waals surface area contributed by atoms with Crippen molar-refractivity contribution in [3.05, 3.63) is 22.3 Å². The van der Waals surface area contributed by atoms with Crippen LogP contribution < -0.4 is 10.6 Å². The van der Waals surface area contributed by atoms with Crippen molar-refractivity contribution in [1.82, 2.24) is 10.3 Å². The summed E-state index contributed by atoms with van der Waals surface area (Å²) in [5, 5.41) is 6.89. The van der Waals surface area contributed by atoms with Crippen molar-refractivity contribution >= 4 is 21.7 Å². The highest BCUT2D eigenvalue weighted by Gasteiger charge is 2.19. The van der Waals surface area contributed by atoms with Crippen LogP contribution in [-0.2, 0) is 0 Å². The minimum Gasteiger partial charge on any atom is -0.367 e. The molecular formula is C13H20BrN3. The number of halogens is 1. The maximum absolute atomic E-state index is 4.53. The molecular weight excluding hydrogens is 278 g/mol. The summed E-state index contributed by atoms with van der Waals surface area (Å²) in [6.45, 7) is 2.02. The number of hydrogen-bond acceptors (Lipinski definition) is 3. The Hall–Kier alpha value is -0.610. The Labute approximate surface area is 112 Å². The van der Waals surface area contributed by atoms with Crippen molar-refractivity contribution in [2.45, 2.75) is 44.7 Å². The molecule has 2 N–H and O–H groups in total. The van der Waals surface area contributed by atoms with E-state index in [0.29, 0.717) is 12.1 Å². The molecule has 1 aliphatic rings. The van der Waals surface area contributed by atoms with Crippen molar-refractivity contribution < 1.29 is 0 Å². The zero-order valence-corrected chi connectivity index (χ0v) is 12.0. The number of hydrogen-bond donors (Lipinski definition) is 2. The summed E-state index contributed by atoms with van der Waals surface area (Å²) < 4.78 is 1.07. The Bertz CT molecular complexity index is 373. The van der Waals surface area contributed by atoms with Gasteiger partial charge in [0.15, 0.2) is 0 Å². The van der Waals surface area contributed by atoms with E-state index in [1.165, 1.54) is 25.7 Å². The summed E-state index contributed by atoms with van der Waals surface area (Å²) in [7, 11) is 2.05. The van der Waals surface area contributed by atoms with Gasteiger partial charge >= 0.3 is 0 Å². The lowest BCUT2D eigenvalue weighted by Crippen LogP contribution is -2.35. The van der Waals surface area contributed by atoms with Gasteiger partial charge in [-0.25, -0.2) is 4.98 Å². The van der Waals surface area contributed by atoms with Gasteiger partial charge < -0.3 is 10.6 Å². The predicted octanol–water partition coefficient (Wildman–Crippen LogP) is 3.10. The van der Waals surface area contributed by atoms with Crippen molar-refractivity contribution in [1.29, 1.82) is 0 Å². The summed E-state index contributed by atoms with van der Waals surface area (Å²) in [4.78, 5) is 4.53. The van der Waals surface area contributed by atoms with E-state index in [-0.39, 0.29) is 0 Å². The Kier molecular flexibility index (Phi) is 4.40. The van der Waals surface area contributed by atoms with E-state index < -0.39 is 0 Å². The fraction of sp³-hybridized carbons (Fsp3) is 0.615. The Morgan fingerprint density at radius 3 is 2.41 bits per heavy atom. The van der Waals surface area contributed by atoms with E-state index in [1.807, 2.05) is 13.0 Å². The standard InChI is InChI=1S/C13H20BrN3/c1-9-12(14)7-8-13(16-9)17-11-5-3-10(15-2)4-6-11/h7-8,10-11,15H,3-6H2,1-2H3,(H,16,17). The van der Waals surface area contributed by atoms with Gasteiger partial charge in [-0.3, -0.25) is 0 Å².